The molecule has 4 aromatic carbocycles. The molecule has 0 aliphatic heterocycles. The number of rotatable bonds is 16. The van der Waals surface area contributed by atoms with Crippen LogP contribution in [0.25, 0.3) is 6.08 Å². The van der Waals surface area contributed by atoms with E-state index in [1.165, 1.54) is 6.08 Å². The molecule has 49 heavy (non-hydrogen) atoms. The molecule has 0 aliphatic rings. The molecule has 0 saturated carbocycles. The van der Waals surface area contributed by atoms with Crippen molar-refractivity contribution >= 4 is 20.4 Å². The van der Waals surface area contributed by atoms with Gasteiger partial charge in [-0.15, -0.1) is 0 Å². The normalized spacial score (nSPS) is 13.0. The van der Waals surface area contributed by atoms with Crippen molar-refractivity contribution in [2.45, 2.75) is 90.6 Å². The smallest absolute Gasteiger partial charge is 0.331 e. The van der Waals surface area contributed by atoms with Crippen LogP contribution in [0.15, 0.2) is 109 Å². The van der Waals surface area contributed by atoms with Gasteiger partial charge in [-0.3, -0.25) is 0 Å². The third kappa shape index (κ3) is 11.8. The molecule has 2 N–H and O–H groups in total. The number of esters is 1. The third-order valence-corrected chi connectivity index (χ3v) is 13.6. The van der Waals surface area contributed by atoms with Gasteiger partial charge in [-0.1, -0.05) is 112 Å². The number of hydrogen-bond acceptors (Lipinski definition) is 6. The minimum atomic E-state index is -2.15. The highest BCUT2D eigenvalue weighted by atomic mass is 28.4. The Labute approximate surface area is 294 Å². The van der Waals surface area contributed by atoms with Crippen molar-refractivity contribution in [2.24, 2.45) is 0 Å². The zero-order chi connectivity index (χ0) is 35.5. The zero-order valence-corrected chi connectivity index (χ0v) is 31.2. The molecule has 0 unspecified atom stereocenters. The molecule has 1 atom stereocenters. The highest BCUT2D eigenvalue weighted by Gasteiger charge is 2.40. The monoisotopic (exact) mass is 679 g/mol. The average Bonchev–Trinajstić information content (AvgIpc) is 3.07. The van der Waals surface area contributed by atoms with Gasteiger partial charge in [0.05, 0.1) is 12.7 Å². The number of aliphatic hydroxyl groups excluding tert-OH is 1. The van der Waals surface area contributed by atoms with Crippen LogP contribution in [0.5, 0.6) is 5.75 Å². The van der Waals surface area contributed by atoms with Crippen LogP contribution in [0, 0.1) is 0 Å². The fourth-order valence-electron chi connectivity index (χ4n) is 5.25. The van der Waals surface area contributed by atoms with Crippen molar-refractivity contribution in [3.63, 3.8) is 0 Å². The van der Waals surface area contributed by atoms with Crippen LogP contribution in [0.1, 0.15) is 74.1 Å². The molecule has 0 fully saturated rings. The van der Waals surface area contributed by atoms with E-state index in [0.717, 1.165) is 39.8 Å². The second-order valence-corrected chi connectivity index (χ2v) is 19.5. The summed E-state index contributed by atoms with van der Waals surface area (Å²) in [5.74, 6) is 0.303. The Kier molecular flexibility index (Phi) is 13.2. The van der Waals surface area contributed by atoms with Crippen LogP contribution in [-0.4, -0.2) is 31.5 Å². The quantitative estimate of drug-likeness (QED) is 0.0699. The maximum atomic E-state index is 12.3. The number of ether oxygens (including phenoxy) is 2. The van der Waals surface area contributed by atoms with Crippen LogP contribution in [0.3, 0.4) is 0 Å². The van der Waals surface area contributed by atoms with Crippen molar-refractivity contribution in [3.8, 4) is 5.75 Å². The van der Waals surface area contributed by atoms with Crippen LogP contribution in [0.2, 0.25) is 18.1 Å². The van der Waals surface area contributed by atoms with Crippen LogP contribution in [0.4, 0.5) is 0 Å². The molecule has 260 valence electrons. The SMILES string of the molecule is CC(C)(Cc1cccc(C=CC(=O)OCc2ccccc2)c1)NC[C@H](O[Si](C)(C)C(C)(C)C)c1ccc(OCc2ccccc2)c(CO)c1. The third-order valence-electron chi connectivity index (χ3n) is 9.11. The number of carbonyl (C=O) groups excluding carboxylic acids is 1. The minimum absolute atomic E-state index is 0.0290. The average molecular weight is 680 g/mol. The Morgan fingerprint density at radius 3 is 2.08 bits per heavy atom. The first-order valence-electron chi connectivity index (χ1n) is 17.1. The van der Waals surface area contributed by atoms with Crippen molar-refractivity contribution in [1.82, 2.24) is 5.32 Å². The first-order chi connectivity index (χ1) is 23.2. The van der Waals surface area contributed by atoms with Gasteiger partial charge in [0, 0.05) is 23.7 Å². The predicted molar refractivity (Wildman–Crippen MR) is 202 cm³/mol. The van der Waals surface area contributed by atoms with E-state index in [-0.39, 0.29) is 35.9 Å². The molecular formula is C42H53NO5Si. The van der Waals surface area contributed by atoms with E-state index in [0.29, 0.717) is 18.9 Å². The molecule has 0 bridgehead atoms. The Hall–Kier alpha value is -4.01. The van der Waals surface area contributed by atoms with Gasteiger partial charge in [-0.25, -0.2) is 4.79 Å². The van der Waals surface area contributed by atoms with Crippen LogP contribution >= 0.6 is 0 Å². The van der Waals surface area contributed by atoms with Gasteiger partial charge < -0.3 is 24.3 Å². The van der Waals surface area contributed by atoms with Crippen molar-refractivity contribution in [2.75, 3.05) is 6.54 Å². The Bertz CT molecular complexity index is 1660. The van der Waals surface area contributed by atoms with Gasteiger partial charge >= 0.3 is 5.97 Å². The molecule has 0 saturated heterocycles. The lowest BCUT2D eigenvalue weighted by Gasteiger charge is -2.40. The number of nitrogens with one attached hydrogen (secondary N) is 1. The van der Waals surface area contributed by atoms with Gasteiger partial charge in [0.25, 0.3) is 0 Å². The summed E-state index contributed by atoms with van der Waals surface area (Å²) in [4.78, 5) is 12.3. The van der Waals surface area contributed by atoms with Crippen molar-refractivity contribution in [1.29, 1.82) is 0 Å². The summed E-state index contributed by atoms with van der Waals surface area (Å²) in [6, 6.07) is 33.9. The lowest BCUT2D eigenvalue weighted by Crippen LogP contribution is -2.47. The van der Waals surface area contributed by atoms with E-state index < -0.39 is 8.32 Å². The predicted octanol–water partition coefficient (Wildman–Crippen LogP) is 9.19. The summed E-state index contributed by atoms with van der Waals surface area (Å²) in [6.45, 7) is 16.8. The van der Waals surface area contributed by atoms with E-state index in [1.807, 2.05) is 84.9 Å². The number of carbonyl (C=O) groups is 1. The van der Waals surface area contributed by atoms with Gasteiger partial charge in [-0.2, -0.15) is 0 Å². The molecule has 7 heteroatoms. The first kappa shape index (κ1) is 37.8. The van der Waals surface area contributed by atoms with Gasteiger partial charge in [0.1, 0.15) is 19.0 Å². The van der Waals surface area contributed by atoms with Gasteiger partial charge in [-0.05, 0) is 84.4 Å². The molecule has 0 aromatic heterocycles. The fourth-order valence-corrected chi connectivity index (χ4v) is 6.53. The highest BCUT2D eigenvalue weighted by Crippen LogP contribution is 2.40. The zero-order valence-electron chi connectivity index (χ0n) is 30.2. The summed E-state index contributed by atoms with van der Waals surface area (Å²) < 4.78 is 18.5. The maximum Gasteiger partial charge on any atom is 0.331 e. The Balaban J connectivity index is 1.44. The molecule has 4 rings (SSSR count). The summed E-state index contributed by atoms with van der Waals surface area (Å²) in [7, 11) is -2.15. The van der Waals surface area contributed by atoms with Gasteiger partial charge in [0.15, 0.2) is 8.32 Å². The summed E-state index contributed by atoms with van der Waals surface area (Å²) in [5.41, 5.74) is 5.61. The lowest BCUT2D eigenvalue weighted by molar-refractivity contribution is -0.138. The van der Waals surface area contributed by atoms with E-state index in [4.69, 9.17) is 13.9 Å². The largest absolute Gasteiger partial charge is 0.489 e. The molecule has 6 nitrogen and oxygen atoms in total. The topological polar surface area (TPSA) is 77.0 Å². The second-order valence-electron chi connectivity index (χ2n) is 14.8. The minimum Gasteiger partial charge on any atom is -0.489 e. The highest BCUT2D eigenvalue weighted by molar-refractivity contribution is 6.74. The van der Waals surface area contributed by atoms with Gasteiger partial charge in [0.2, 0.25) is 0 Å². The molecular weight excluding hydrogens is 627 g/mol. The molecule has 0 aliphatic carbocycles. The maximum absolute atomic E-state index is 12.3. The molecule has 4 aromatic rings. The molecule has 0 heterocycles. The van der Waals surface area contributed by atoms with Crippen LogP contribution < -0.4 is 10.1 Å². The standard InChI is InChI=1S/C42H53NO5Si/c1-41(2,3)49(6,7)48-39(36-22-23-38(37(26-36)29-44)46-30-33-15-10-8-11-16-33)28-43-42(4,5)27-35-20-14-19-32(25-35)21-24-40(45)47-31-34-17-12-9-13-18-34/h8-26,39,43-44H,27-31H2,1-7H3/t39-/m0/s1. The van der Waals surface area contributed by atoms with E-state index >= 15 is 0 Å². The number of hydrogen-bond donors (Lipinski definition) is 2. The van der Waals surface area contributed by atoms with E-state index in [2.05, 4.69) is 71.2 Å². The molecule has 0 amide bonds. The molecule has 0 radical (unpaired) electrons. The Morgan fingerprint density at radius 2 is 1.45 bits per heavy atom. The van der Waals surface area contributed by atoms with E-state index in [9.17, 15) is 9.90 Å². The summed E-state index contributed by atoms with van der Waals surface area (Å²) in [5, 5.41) is 14.1. The van der Waals surface area contributed by atoms with Crippen LogP contribution in [-0.2, 0) is 40.2 Å². The Morgan fingerprint density at radius 1 is 0.816 bits per heavy atom. The second kappa shape index (κ2) is 17.1. The van der Waals surface area contributed by atoms with Crippen molar-refractivity contribution in [3.05, 3.63) is 143 Å². The fraction of sp³-hybridized carbons (Fsp3) is 0.357. The van der Waals surface area contributed by atoms with E-state index in [1.54, 1.807) is 6.08 Å². The first-order valence-corrected chi connectivity index (χ1v) is 20.0. The lowest BCUT2D eigenvalue weighted by atomic mass is 9.93. The number of aliphatic hydroxyl groups is 1. The molecule has 0 spiro atoms. The summed E-state index contributed by atoms with van der Waals surface area (Å²) in [6.07, 6.45) is 3.83. The summed E-state index contributed by atoms with van der Waals surface area (Å²) >= 11 is 0. The number of benzene rings is 4. The van der Waals surface area contributed by atoms with Crippen molar-refractivity contribution < 1.29 is 23.8 Å².